The van der Waals surface area contributed by atoms with E-state index in [0.717, 1.165) is 18.7 Å². The smallest absolute Gasteiger partial charge is 0.313 e. The molecule has 0 aromatic heterocycles. The van der Waals surface area contributed by atoms with Gasteiger partial charge in [0.25, 0.3) is 0 Å². The molecule has 0 bridgehead atoms. The number of benzene rings is 1. The molecule has 0 unspecified atom stereocenters. The fourth-order valence-electron chi connectivity index (χ4n) is 2.07. The summed E-state index contributed by atoms with van der Waals surface area (Å²) < 4.78 is 0. The van der Waals surface area contributed by atoms with E-state index in [1.165, 1.54) is 0 Å². The van der Waals surface area contributed by atoms with E-state index in [1.807, 2.05) is 7.05 Å². The average molecular weight is 296 g/mol. The number of hydrogen-bond donors (Lipinski definition) is 1. The Labute approximate surface area is 123 Å². The lowest BCUT2D eigenvalue weighted by molar-refractivity contribution is -0.144. The molecule has 20 heavy (non-hydrogen) atoms. The third-order valence-corrected chi connectivity index (χ3v) is 3.91. The standard InChI is InChI=1S/C14H18ClN3O2/c1-10-11(15)4-3-5-12(10)16-13(19)14(20)18-8-6-17(2)7-9-18/h3-5H,6-9H2,1-2H3,(H,16,19). The Bertz CT molecular complexity index is 525. The largest absolute Gasteiger partial charge is 0.332 e. The Hall–Kier alpha value is -1.59. The molecule has 1 heterocycles. The summed E-state index contributed by atoms with van der Waals surface area (Å²) in [5, 5.41) is 3.20. The second kappa shape index (κ2) is 6.24. The molecule has 1 aliphatic heterocycles. The molecule has 1 fully saturated rings. The summed E-state index contributed by atoms with van der Waals surface area (Å²) in [6, 6.07) is 5.22. The molecule has 0 aliphatic carbocycles. The SMILES string of the molecule is Cc1c(Cl)cccc1NC(=O)C(=O)N1CCN(C)CC1. The number of piperazine rings is 1. The predicted molar refractivity (Wildman–Crippen MR) is 78.9 cm³/mol. The number of rotatable bonds is 1. The Morgan fingerprint density at radius 3 is 2.50 bits per heavy atom. The molecule has 1 aromatic carbocycles. The molecular weight excluding hydrogens is 278 g/mol. The van der Waals surface area contributed by atoms with E-state index in [0.29, 0.717) is 23.8 Å². The van der Waals surface area contributed by atoms with Crippen LogP contribution in [0.5, 0.6) is 0 Å². The Kier molecular flexibility index (Phi) is 4.62. The zero-order valence-electron chi connectivity index (χ0n) is 11.6. The maximum Gasteiger partial charge on any atom is 0.313 e. The highest BCUT2D eigenvalue weighted by atomic mass is 35.5. The quantitative estimate of drug-likeness (QED) is 0.796. The lowest BCUT2D eigenvalue weighted by Crippen LogP contribution is -2.50. The first-order valence-electron chi connectivity index (χ1n) is 6.53. The second-order valence-corrected chi connectivity index (χ2v) is 5.37. The fourth-order valence-corrected chi connectivity index (χ4v) is 2.25. The van der Waals surface area contributed by atoms with Gasteiger partial charge in [0.2, 0.25) is 0 Å². The maximum absolute atomic E-state index is 12.1. The van der Waals surface area contributed by atoms with Crippen LogP contribution in [0.3, 0.4) is 0 Å². The van der Waals surface area contributed by atoms with Crippen LogP contribution in [-0.2, 0) is 9.59 Å². The summed E-state index contributed by atoms with van der Waals surface area (Å²) in [5.41, 5.74) is 1.33. The van der Waals surface area contributed by atoms with Gasteiger partial charge in [-0.3, -0.25) is 9.59 Å². The molecule has 1 aliphatic rings. The van der Waals surface area contributed by atoms with Crippen LogP contribution < -0.4 is 5.32 Å². The molecule has 0 spiro atoms. The highest BCUT2D eigenvalue weighted by Gasteiger charge is 2.25. The van der Waals surface area contributed by atoms with Crippen molar-refractivity contribution in [1.82, 2.24) is 9.80 Å². The van der Waals surface area contributed by atoms with Crippen LogP contribution in [0.4, 0.5) is 5.69 Å². The first-order valence-corrected chi connectivity index (χ1v) is 6.90. The average Bonchev–Trinajstić information content (AvgIpc) is 2.44. The van der Waals surface area contributed by atoms with E-state index in [9.17, 15) is 9.59 Å². The molecule has 1 aromatic rings. The molecule has 2 rings (SSSR count). The zero-order valence-corrected chi connectivity index (χ0v) is 12.4. The molecular formula is C14H18ClN3O2. The van der Waals surface area contributed by atoms with E-state index < -0.39 is 11.8 Å². The van der Waals surface area contributed by atoms with Crippen molar-refractivity contribution < 1.29 is 9.59 Å². The number of hydrogen-bond acceptors (Lipinski definition) is 3. The van der Waals surface area contributed by atoms with Crippen molar-refractivity contribution in [2.45, 2.75) is 6.92 Å². The maximum atomic E-state index is 12.1. The van der Waals surface area contributed by atoms with Gasteiger partial charge in [-0.15, -0.1) is 0 Å². The van der Waals surface area contributed by atoms with Crippen LogP contribution in [0.15, 0.2) is 18.2 Å². The predicted octanol–water partition coefficient (Wildman–Crippen LogP) is 1.36. The number of halogens is 1. The van der Waals surface area contributed by atoms with E-state index in [1.54, 1.807) is 30.0 Å². The Balaban J connectivity index is 2.01. The van der Waals surface area contributed by atoms with Gasteiger partial charge < -0.3 is 15.1 Å². The van der Waals surface area contributed by atoms with Gasteiger partial charge >= 0.3 is 11.8 Å². The Morgan fingerprint density at radius 1 is 1.20 bits per heavy atom. The van der Waals surface area contributed by atoms with Crippen LogP contribution >= 0.6 is 11.6 Å². The van der Waals surface area contributed by atoms with Crippen LogP contribution in [-0.4, -0.2) is 54.8 Å². The third-order valence-electron chi connectivity index (χ3n) is 3.50. The number of nitrogens with zero attached hydrogens (tertiary/aromatic N) is 2. The van der Waals surface area contributed by atoms with Gasteiger partial charge in [-0.2, -0.15) is 0 Å². The third kappa shape index (κ3) is 3.29. The van der Waals surface area contributed by atoms with E-state index in [-0.39, 0.29) is 0 Å². The van der Waals surface area contributed by atoms with Crippen molar-refractivity contribution in [3.05, 3.63) is 28.8 Å². The van der Waals surface area contributed by atoms with Gasteiger partial charge in [-0.05, 0) is 31.7 Å². The summed E-state index contributed by atoms with van der Waals surface area (Å²) in [4.78, 5) is 27.8. The van der Waals surface area contributed by atoms with E-state index >= 15 is 0 Å². The fraction of sp³-hybridized carbons (Fsp3) is 0.429. The minimum atomic E-state index is -0.611. The summed E-state index contributed by atoms with van der Waals surface area (Å²) in [6.07, 6.45) is 0. The molecule has 1 saturated heterocycles. The summed E-state index contributed by atoms with van der Waals surface area (Å²) >= 11 is 5.99. The first kappa shape index (κ1) is 14.8. The highest BCUT2D eigenvalue weighted by molar-refractivity contribution is 6.40. The molecule has 0 radical (unpaired) electrons. The molecule has 2 amide bonds. The van der Waals surface area contributed by atoms with Crippen molar-refractivity contribution in [3.8, 4) is 0 Å². The molecule has 5 nitrogen and oxygen atoms in total. The van der Waals surface area contributed by atoms with Gasteiger partial charge in [0.15, 0.2) is 0 Å². The lowest BCUT2D eigenvalue weighted by atomic mass is 10.2. The van der Waals surface area contributed by atoms with Crippen LogP contribution in [0.2, 0.25) is 5.02 Å². The van der Waals surface area contributed by atoms with Gasteiger partial charge in [0.1, 0.15) is 0 Å². The van der Waals surface area contributed by atoms with Crippen molar-refractivity contribution in [3.63, 3.8) is 0 Å². The molecule has 1 N–H and O–H groups in total. The number of anilines is 1. The van der Waals surface area contributed by atoms with Gasteiger partial charge in [0.05, 0.1) is 0 Å². The normalized spacial score (nSPS) is 16.1. The van der Waals surface area contributed by atoms with Crippen molar-refractivity contribution in [1.29, 1.82) is 0 Å². The first-order chi connectivity index (χ1) is 9.49. The van der Waals surface area contributed by atoms with Crippen molar-refractivity contribution in [2.75, 3.05) is 38.5 Å². The summed E-state index contributed by atoms with van der Waals surface area (Å²) in [7, 11) is 2.00. The molecule has 108 valence electrons. The minimum absolute atomic E-state index is 0.488. The molecule has 0 atom stereocenters. The van der Waals surface area contributed by atoms with Crippen LogP contribution in [0.25, 0.3) is 0 Å². The summed E-state index contributed by atoms with van der Waals surface area (Å²) in [5.74, 6) is -1.10. The monoisotopic (exact) mass is 295 g/mol. The number of carbonyl (C=O) groups excluding carboxylic acids is 2. The zero-order chi connectivity index (χ0) is 14.7. The van der Waals surface area contributed by atoms with Crippen LogP contribution in [0, 0.1) is 6.92 Å². The number of carbonyl (C=O) groups is 2. The minimum Gasteiger partial charge on any atom is -0.332 e. The van der Waals surface area contributed by atoms with Crippen molar-refractivity contribution in [2.24, 2.45) is 0 Å². The summed E-state index contributed by atoms with van der Waals surface area (Å²) in [6.45, 7) is 4.54. The number of likely N-dealkylation sites (N-methyl/N-ethyl adjacent to an activating group) is 1. The second-order valence-electron chi connectivity index (χ2n) is 4.96. The molecule has 0 saturated carbocycles. The highest BCUT2D eigenvalue weighted by Crippen LogP contribution is 2.22. The van der Waals surface area contributed by atoms with Gasteiger partial charge in [-0.1, -0.05) is 17.7 Å². The number of nitrogens with one attached hydrogen (secondary N) is 1. The van der Waals surface area contributed by atoms with Gasteiger partial charge in [0, 0.05) is 36.9 Å². The number of amides is 2. The van der Waals surface area contributed by atoms with E-state index in [4.69, 9.17) is 11.6 Å². The topological polar surface area (TPSA) is 52.7 Å². The van der Waals surface area contributed by atoms with E-state index in [2.05, 4.69) is 10.2 Å². The van der Waals surface area contributed by atoms with Crippen molar-refractivity contribution >= 4 is 29.1 Å². The lowest BCUT2D eigenvalue weighted by Gasteiger charge is -2.31. The Morgan fingerprint density at radius 2 is 1.85 bits per heavy atom. The van der Waals surface area contributed by atoms with Gasteiger partial charge in [-0.25, -0.2) is 0 Å². The molecule has 6 heteroatoms. The van der Waals surface area contributed by atoms with Crippen LogP contribution in [0.1, 0.15) is 5.56 Å².